The SMILES string of the molecule is N[C@@]12OS(=O)(=O)O[C@]1(O)Cc1ccccc12. The van der Waals surface area contributed by atoms with Gasteiger partial charge >= 0.3 is 10.4 Å². The molecule has 1 aliphatic carbocycles. The maximum Gasteiger partial charge on any atom is 0.405 e. The van der Waals surface area contributed by atoms with Crippen molar-refractivity contribution >= 4 is 10.4 Å². The molecule has 2 atom stereocenters. The highest BCUT2D eigenvalue weighted by molar-refractivity contribution is 7.82. The molecule has 0 aromatic heterocycles. The lowest BCUT2D eigenvalue weighted by Gasteiger charge is -2.26. The molecule has 0 unspecified atom stereocenters. The number of benzene rings is 1. The van der Waals surface area contributed by atoms with Crippen LogP contribution in [-0.4, -0.2) is 19.3 Å². The summed E-state index contributed by atoms with van der Waals surface area (Å²) in [6.45, 7) is 0. The van der Waals surface area contributed by atoms with E-state index in [4.69, 9.17) is 5.73 Å². The molecule has 3 rings (SSSR count). The monoisotopic (exact) mass is 243 g/mol. The lowest BCUT2D eigenvalue weighted by Crippen LogP contribution is -2.53. The molecule has 0 saturated carbocycles. The second-order valence-corrected chi connectivity index (χ2v) is 5.08. The van der Waals surface area contributed by atoms with E-state index in [-0.39, 0.29) is 6.42 Å². The normalized spacial score (nSPS) is 39.4. The smallest absolute Gasteiger partial charge is 0.361 e. The molecule has 0 bridgehead atoms. The van der Waals surface area contributed by atoms with Gasteiger partial charge in [-0.2, -0.15) is 8.42 Å². The van der Waals surface area contributed by atoms with Gasteiger partial charge in [0.15, 0.2) is 0 Å². The molecule has 7 heteroatoms. The van der Waals surface area contributed by atoms with Crippen molar-refractivity contribution in [3.05, 3.63) is 35.4 Å². The third-order valence-electron chi connectivity index (χ3n) is 2.90. The van der Waals surface area contributed by atoms with E-state index in [2.05, 4.69) is 8.37 Å². The molecular weight excluding hydrogens is 234 g/mol. The minimum Gasteiger partial charge on any atom is -0.361 e. The van der Waals surface area contributed by atoms with E-state index < -0.39 is 21.9 Å². The first-order chi connectivity index (χ1) is 7.36. The van der Waals surface area contributed by atoms with Gasteiger partial charge in [-0.1, -0.05) is 24.3 Å². The van der Waals surface area contributed by atoms with E-state index in [1.807, 2.05) is 0 Å². The highest BCUT2D eigenvalue weighted by Crippen LogP contribution is 2.50. The Bertz CT molecular complexity index is 571. The Morgan fingerprint density at radius 2 is 2.00 bits per heavy atom. The first kappa shape index (κ1) is 10.2. The van der Waals surface area contributed by atoms with Gasteiger partial charge in [-0.25, -0.2) is 8.37 Å². The molecule has 1 saturated heterocycles. The van der Waals surface area contributed by atoms with E-state index in [9.17, 15) is 13.5 Å². The molecular formula is C9H9NO5S. The van der Waals surface area contributed by atoms with E-state index in [0.29, 0.717) is 11.1 Å². The Kier molecular flexibility index (Phi) is 1.68. The summed E-state index contributed by atoms with van der Waals surface area (Å²) in [5.74, 6) is -2.05. The van der Waals surface area contributed by atoms with Crippen LogP contribution >= 0.6 is 0 Å². The maximum atomic E-state index is 11.2. The average Bonchev–Trinajstić information content (AvgIpc) is 2.44. The van der Waals surface area contributed by atoms with Gasteiger partial charge in [0.1, 0.15) is 0 Å². The predicted molar refractivity (Wildman–Crippen MR) is 52.1 cm³/mol. The number of hydrogen-bond acceptors (Lipinski definition) is 6. The summed E-state index contributed by atoms with van der Waals surface area (Å²) in [5.41, 5.74) is 5.10. The zero-order valence-corrected chi connectivity index (χ0v) is 8.90. The number of aliphatic hydroxyl groups is 1. The summed E-state index contributed by atoms with van der Waals surface area (Å²) in [7, 11) is -4.24. The molecule has 2 aliphatic rings. The molecule has 0 amide bonds. The topological polar surface area (TPSA) is 98.9 Å². The zero-order valence-electron chi connectivity index (χ0n) is 8.08. The van der Waals surface area contributed by atoms with E-state index in [0.717, 1.165) is 0 Å². The van der Waals surface area contributed by atoms with Gasteiger partial charge in [-0.05, 0) is 5.56 Å². The Hall–Kier alpha value is -0.990. The lowest BCUT2D eigenvalue weighted by molar-refractivity contribution is -0.194. The van der Waals surface area contributed by atoms with Crippen LogP contribution in [0.3, 0.4) is 0 Å². The third kappa shape index (κ3) is 1.06. The van der Waals surface area contributed by atoms with E-state index in [1.165, 1.54) is 0 Å². The molecule has 1 aromatic rings. The van der Waals surface area contributed by atoms with Crippen LogP contribution in [-0.2, 0) is 30.9 Å². The molecule has 1 fully saturated rings. The Morgan fingerprint density at radius 3 is 2.75 bits per heavy atom. The van der Waals surface area contributed by atoms with Gasteiger partial charge in [0.05, 0.1) is 0 Å². The summed E-state index contributed by atoms with van der Waals surface area (Å²) < 4.78 is 31.6. The molecule has 0 radical (unpaired) electrons. The quantitative estimate of drug-likeness (QED) is 0.627. The summed E-state index contributed by atoms with van der Waals surface area (Å²) in [6, 6.07) is 6.80. The zero-order chi connectivity index (χ0) is 11.6. The Morgan fingerprint density at radius 1 is 1.31 bits per heavy atom. The average molecular weight is 243 g/mol. The molecule has 0 spiro atoms. The molecule has 6 nitrogen and oxygen atoms in total. The first-order valence-corrected chi connectivity index (χ1v) is 5.95. The predicted octanol–water partition coefficient (Wildman–Crippen LogP) is -0.666. The van der Waals surface area contributed by atoms with E-state index >= 15 is 0 Å². The van der Waals surface area contributed by atoms with Crippen LogP contribution in [0.4, 0.5) is 0 Å². The fourth-order valence-corrected chi connectivity index (χ4v) is 3.28. The van der Waals surface area contributed by atoms with Gasteiger partial charge in [-0.3, -0.25) is 5.73 Å². The molecule has 1 aliphatic heterocycles. The summed E-state index contributed by atoms with van der Waals surface area (Å²) >= 11 is 0. The van der Waals surface area contributed by atoms with Crippen molar-refractivity contribution in [2.75, 3.05) is 0 Å². The molecule has 1 aromatic carbocycles. The molecule has 1 heterocycles. The fourth-order valence-electron chi connectivity index (χ4n) is 2.18. The van der Waals surface area contributed by atoms with Gasteiger partial charge in [0.2, 0.25) is 11.5 Å². The maximum absolute atomic E-state index is 11.2. The number of fused-ring (bicyclic) bond motifs is 3. The van der Waals surface area contributed by atoms with Crippen LogP contribution in [0.1, 0.15) is 11.1 Å². The van der Waals surface area contributed by atoms with Crippen molar-refractivity contribution in [1.82, 2.24) is 0 Å². The highest BCUT2D eigenvalue weighted by atomic mass is 32.3. The minimum absolute atomic E-state index is 0.0150. The van der Waals surface area contributed by atoms with Crippen molar-refractivity contribution in [2.45, 2.75) is 17.9 Å². The van der Waals surface area contributed by atoms with Crippen molar-refractivity contribution in [1.29, 1.82) is 0 Å². The van der Waals surface area contributed by atoms with Gasteiger partial charge in [0.25, 0.3) is 0 Å². The molecule has 86 valence electrons. The van der Waals surface area contributed by atoms with Crippen LogP contribution in [0.15, 0.2) is 24.3 Å². The number of rotatable bonds is 0. The molecule has 3 N–H and O–H groups in total. The van der Waals surface area contributed by atoms with Crippen LogP contribution in [0.2, 0.25) is 0 Å². The van der Waals surface area contributed by atoms with E-state index in [1.54, 1.807) is 24.3 Å². The largest absolute Gasteiger partial charge is 0.405 e. The van der Waals surface area contributed by atoms with Gasteiger partial charge in [0, 0.05) is 12.0 Å². The second kappa shape index (κ2) is 2.63. The van der Waals surface area contributed by atoms with Crippen molar-refractivity contribution in [3.63, 3.8) is 0 Å². The molecule has 16 heavy (non-hydrogen) atoms. The van der Waals surface area contributed by atoms with Crippen molar-refractivity contribution < 1.29 is 21.9 Å². The Labute approximate surface area is 91.9 Å². The third-order valence-corrected chi connectivity index (χ3v) is 3.85. The van der Waals surface area contributed by atoms with Crippen LogP contribution in [0.5, 0.6) is 0 Å². The standard InChI is InChI=1S/C9H9NO5S/c10-9-7-4-2-1-3-6(7)5-8(9,11)14-16(12,13)15-9/h1-4,11H,5,10H2/t8-,9+/m1/s1. The van der Waals surface area contributed by atoms with Crippen LogP contribution in [0.25, 0.3) is 0 Å². The first-order valence-electron chi connectivity index (χ1n) is 4.62. The lowest BCUT2D eigenvalue weighted by atomic mass is 10.0. The summed E-state index contributed by atoms with van der Waals surface area (Å²) in [5, 5.41) is 10.1. The fraction of sp³-hybridized carbons (Fsp3) is 0.333. The van der Waals surface area contributed by atoms with Gasteiger partial charge < -0.3 is 5.11 Å². The van der Waals surface area contributed by atoms with Gasteiger partial charge in [-0.15, -0.1) is 0 Å². The Balaban J connectivity index is 2.25. The van der Waals surface area contributed by atoms with Crippen molar-refractivity contribution in [2.24, 2.45) is 5.73 Å². The number of hydrogen-bond donors (Lipinski definition) is 2. The second-order valence-electron chi connectivity index (χ2n) is 3.93. The summed E-state index contributed by atoms with van der Waals surface area (Å²) in [6.07, 6.45) is -0.0150. The van der Waals surface area contributed by atoms with Crippen molar-refractivity contribution in [3.8, 4) is 0 Å². The minimum atomic E-state index is -4.24. The summed E-state index contributed by atoms with van der Waals surface area (Å²) in [4.78, 5) is 0. The number of nitrogens with two attached hydrogens (primary N) is 1. The highest BCUT2D eigenvalue weighted by Gasteiger charge is 2.67. The van der Waals surface area contributed by atoms with Crippen LogP contribution in [0, 0.1) is 0 Å². The van der Waals surface area contributed by atoms with Crippen LogP contribution < -0.4 is 5.73 Å².